The fourth-order valence-electron chi connectivity index (χ4n) is 2.76. The molecule has 2 rings (SSSR count). The summed E-state index contributed by atoms with van der Waals surface area (Å²) in [6, 6.07) is 0.602. The molecule has 1 aromatic rings. The van der Waals surface area contributed by atoms with Crippen LogP contribution in [0.3, 0.4) is 0 Å². The van der Waals surface area contributed by atoms with Gasteiger partial charge in [0.05, 0.1) is 5.69 Å². The average Bonchev–Trinajstić information content (AvgIpc) is 2.73. The highest BCUT2D eigenvalue weighted by Gasteiger charge is 2.26. The molecule has 1 aromatic heterocycles. The van der Waals surface area contributed by atoms with Crippen molar-refractivity contribution in [2.75, 3.05) is 11.4 Å². The van der Waals surface area contributed by atoms with E-state index >= 15 is 0 Å². The Balaban J connectivity index is 2.23. The summed E-state index contributed by atoms with van der Waals surface area (Å²) in [5, 5.41) is 1.18. The summed E-state index contributed by atoms with van der Waals surface area (Å²) >= 11 is 1.79. The van der Waals surface area contributed by atoms with Gasteiger partial charge in [-0.15, -0.1) is 11.3 Å². The topological polar surface area (TPSA) is 42.2 Å². The minimum Gasteiger partial charge on any atom is -0.345 e. The van der Waals surface area contributed by atoms with Crippen LogP contribution in [-0.2, 0) is 6.54 Å². The van der Waals surface area contributed by atoms with E-state index in [2.05, 4.69) is 32.6 Å². The Morgan fingerprint density at radius 1 is 1.44 bits per heavy atom. The fourth-order valence-corrected chi connectivity index (χ4v) is 3.98. The SMILES string of the molecule is CC1CCN(c2nc(C(C)C)c(CN)s2)C(C)C1. The van der Waals surface area contributed by atoms with E-state index < -0.39 is 0 Å². The molecule has 2 atom stereocenters. The van der Waals surface area contributed by atoms with Crippen LogP contribution in [0.15, 0.2) is 0 Å². The fraction of sp³-hybridized carbons (Fsp3) is 0.786. The van der Waals surface area contributed by atoms with Gasteiger partial charge in [-0.1, -0.05) is 20.8 Å². The molecule has 0 bridgehead atoms. The summed E-state index contributed by atoms with van der Waals surface area (Å²) in [4.78, 5) is 8.57. The highest BCUT2D eigenvalue weighted by molar-refractivity contribution is 7.15. The number of nitrogens with two attached hydrogens (primary N) is 1. The van der Waals surface area contributed by atoms with Crippen LogP contribution < -0.4 is 10.6 Å². The summed E-state index contributed by atoms with van der Waals surface area (Å²) in [5.74, 6) is 1.31. The number of thiazole rings is 1. The molecule has 1 saturated heterocycles. The molecule has 2 N–H and O–H groups in total. The molecule has 4 heteroatoms. The van der Waals surface area contributed by atoms with Crippen LogP contribution in [0.1, 0.15) is 57.0 Å². The minimum absolute atomic E-state index is 0.465. The van der Waals surface area contributed by atoms with Gasteiger partial charge in [0.2, 0.25) is 0 Å². The minimum atomic E-state index is 0.465. The molecule has 2 unspecified atom stereocenters. The Hall–Kier alpha value is -0.610. The Labute approximate surface area is 114 Å². The smallest absolute Gasteiger partial charge is 0.186 e. The number of nitrogens with zero attached hydrogens (tertiary/aromatic N) is 2. The maximum atomic E-state index is 5.84. The molecule has 0 amide bonds. The van der Waals surface area contributed by atoms with Crippen molar-refractivity contribution in [1.29, 1.82) is 0 Å². The van der Waals surface area contributed by atoms with Crippen LogP contribution in [-0.4, -0.2) is 17.6 Å². The van der Waals surface area contributed by atoms with Gasteiger partial charge in [-0.25, -0.2) is 4.98 Å². The molecule has 102 valence electrons. The first-order chi connectivity index (χ1) is 8.52. The summed E-state index contributed by atoms with van der Waals surface area (Å²) in [5.41, 5.74) is 7.04. The van der Waals surface area contributed by atoms with E-state index in [9.17, 15) is 0 Å². The zero-order chi connectivity index (χ0) is 13.3. The highest BCUT2D eigenvalue weighted by atomic mass is 32.1. The molecule has 0 aromatic carbocycles. The lowest BCUT2D eigenvalue weighted by molar-refractivity contribution is 0.377. The van der Waals surface area contributed by atoms with E-state index in [0.717, 1.165) is 12.5 Å². The van der Waals surface area contributed by atoms with E-state index in [1.807, 2.05) is 0 Å². The van der Waals surface area contributed by atoms with Crippen LogP contribution in [0.25, 0.3) is 0 Å². The maximum Gasteiger partial charge on any atom is 0.186 e. The number of rotatable bonds is 3. The molecule has 1 aliphatic heterocycles. The van der Waals surface area contributed by atoms with Crippen LogP contribution in [0.5, 0.6) is 0 Å². The van der Waals surface area contributed by atoms with E-state index in [1.165, 1.54) is 28.5 Å². The summed E-state index contributed by atoms with van der Waals surface area (Å²) in [7, 11) is 0. The summed E-state index contributed by atoms with van der Waals surface area (Å²) in [6.45, 7) is 10.8. The van der Waals surface area contributed by atoms with Gasteiger partial charge in [0, 0.05) is 24.0 Å². The second kappa shape index (κ2) is 5.57. The van der Waals surface area contributed by atoms with Crippen LogP contribution in [0.4, 0.5) is 5.13 Å². The molecule has 2 heterocycles. The number of hydrogen-bond acceptors (Lipinski definition) is 4. The molecular weight excluding hydrogens is 242 g/mol. The molecule has 0 radical (unpaired) electrons. The van der Waals surface area contributed by atoms with Gasteiger partial charge in [-0.05, 0) is 31.6 Å². The Morgan fingerprint density at radius 3 is 2.67 bits per heavy atom. The number of piperidine rings is 1. The largest absolute Gasteiger partial charge is 0.345 e. The van der Waals surface area contributed by atoms with Gasteiger partial charge in [0.25, 0.3) is 0 Å². The predicted octanol–water partition coefficient (Wildman–Crippen LogP) is 3.35. The molecule has 0 spiro atoms. The van der Waals surface area contributed by atoms with Gasteiger partial charge < -0.3 is 10.6 Å². The van der Waals surface area contributed by atoms with Crippen molar-refractivity contribution in [2.24, 2.45) is 11.7 Å². The van der Waals surface area contributed by atoms with Crippen LogP contribution >= 0.6 is 11.3 Å². The van der Waals surface area contributed by atoms with Crippen molar-refractivity contribution >= 4 is 16.5 Å². The van der Waals surface area contributed by atoms with Gasteiger partial charge in [0.1, 0.15) is 0 Å². The molecular formula is C14H25N3S. The molecule has 0 saturated carbocycles. The normalized spacial score (nSPS) is 24.9. The maximum absolute atomic E-state index is 5.84. The summed E-state index contributed by atoms with van der Waals surface area (Å²) < 4.78 is 0. The molecule has 0 aliphatic carbocycles. The standard InChI is InChI=1S/C14H25N3S/c1-9(2)13-12(8-15)18-14(16-13)17-6-5-10(3)7-11(17)4/h9-11H,5-8,15H2,1-4H3. The quantitative estimate of drug-likeness (QED) is 0.913. The number of aromatic nitrogens is 1. The molecule has 18 heavy (non-hydrogen) atoms. The Morgan fingerprint density at radius 2 is 2.17 bits per heavy atom. The van der Waals surface area contributed by atoms with E-state index in [-0.39, 0.29) is 0 Å². The lowest BCUT2D eigenvalue weighted by Gasteiger charge is -2.36. The van der Waals surface area contributed by atoms with Crippen molar-refractivity contribution in [2.45, 2.75) is 59.0 Å². The second-order valence-corrected chi connectivity index (χ2v) is 6.90. The zero-order valence-electron chi connectivity index (χ0n) is 11.9. The Kier molecular flexibility index (Phi) is 4.28. The third kappa shape index (κ3) is 2.69. The van der Waals surface area contributed by atoms with Crippen LogP contribution in [0, 0.1) is 5.92 Å². The third-order valence-electron chi connectivity index (χ3n) is 3.83. The summed E-state index contributed by atoms with van der Waals surface area (Å²) in [6.07, 6.45) is 2.55. The lowest BCUT2D eigenvalue weighted by atomic mass is 9.94. The van der Waals surface area contributed by atoms with E-state index in [0.29, 0.717) is 18.5 Å². The van der Waals surface area contributed by atoms with Crippen molar-refractivity contribution in [3.05, 3.63) is 10.6 Å². The first kappa shape index (κ1) is 13.8. The third-order valence-corrected chi connectivity index (χ3v) is 4.96. The monoisotopic (exact) mass is 267 g/mol. The van der Waals surface area contributed by atoms with Gasteiger partial charge in [0.15, 0.2) is 5.13 Å². The van der Waals surface area contributed by atoms with E-state index in [4.69, 9.17) is 10.7 Å². The first-order valence-electron chi connectivity index (χ1n) is 6.99. The Bertz CT molecular complexity index is 400. The van der Waals surface area contributed by atoms with Gasteiger partial charge in [-0.2, -0.15) is 0 Å². The van der Waals surface area contributed by atoms with Crippen molar-refractivity contribution in [3.8, 4) is 0 Å². The van der Waals surface area contributed by atoms with Crippen LogP contribution in [0.2, 0.25) is 0 Å². The number of anilines is 1. The van der Waals surface area contributed by atoms with Gasteiger partial charge >= 0.3 is 0 Å². The molecule has 1 fully saturated rings. The zero-order valence-corrected chi connectivity index (χ0v) is 12.8. The highest BCUT2D eigenvalue weighted by Crippen LogP contribution is 2.34. The number of hydrogen-bond donors (Lipinski definition) is 1. The molecule has 1 aliphatic rings. The van der Waals surface area contributed by atoms with Gasteiger partial charge in [-0.3, -0.25) is 0 Å². The molecule has 3 nitrogen and oxygen atoms in total. The predicted molar refractivity (Wildman–Crippen MR) is 79.3 cm³/mol. The lowest BCUT2D eigenvalue weighted by Crippen LogP contribution is -2.40. The van der Waals surface area contributed by atoms with E-state index in [1.54, 1.807) is 11.3 Å². The second-order valence-electron chi connectivity index (χ2n) is 5.84. The first-order valence-corrected chi connectivity index (χ1v) is 7.80. The average molecular weight is 267 g/mol. The van der Waals surface area contributed by atoms with Crippen molar-refractivity contribution in [1.82, 2.24) is 4.98 Å². The van der Waals surface area contributed by atoms with Crippen molar-refractivity contribution in [3.63, 3.8) is 0 Å². The van der Waals surface area contributed by atoms with Crippen molar-refractivity contribution < 1.29 is 0 Å².